The van der Waals surface area contributed by atoms with Crippen molar-refractivity contribution < 1.29 is 9.21 Å². The third kappa shape index (κ3) is 3.52. The van der Waals surface area contributed by atoms with Crippen LogP contribution in [-0.2, 0) is 0 Å². The van der Waals surface area contributed by atoms with Gasteiger partial charge in [-0.2, -0.15) is 0 Å². The average molecular weight is 354 g/mol. The molecule has 1 aromatic carbocycles. The molecule has 1 aliphatic heterocycles. The van der Waals surface area contributed by atoms with Crippen LogP contribution in [0.15, 0.2) is 28.9 Å². The van der Waals surface area contributed by atoms with Crippen molar-refractivity contribution >= 4 is 29.1 Å². The largest absolute Gasteiger partial charge is 0.444 e. The molecule has 1 fully saturated rings. The second kappa shape index (κ2) is 6.91. The van der Waals surface area contributed by atoms with E-state index in [0.29, 0.717) is 40.3 Å². The van der Waals surface area contributed by atoms with Crippen molar-refractivity contribution in [2.24, 2.45) is 0 Å². The van der Waals surface area contributed by atoms with Gasteiger partial charge in [0, 0.05) is 31.7 Å². The fourth-order valence-corrected chi connectivity index (χ4v) is 2.86. The smallest absolute Gasteiger partial charge is 0.275 e. The first-order valence-electron chi connectivity index (χ1n) is 7.51. The van der Waals surface area contributed by atoms with Crippen molar-refractivity contribution in [1.82, 2.24) is 14.8 Å². The summed E-state index contributed by atoms with van der Waals surface area (Å²) >= 11 is 11.9. The number of hydrogen-bond donors (Lipinski definition) is 0. The zero-order chi connectivity index (χ0) is 16.4. The third-order valence-corrected chi connectivity index (χ3v) is 4.74. The van der Waals surface area contributed by atoms with Crippen LogP contribution in [0, 0.1) is 0 Å². The van der Waals surface area contributed by atoms with Gasteiger partial charge in [0.25, 0.3) is 5.91 Å². The fourth-order valence-electron chi connectivity index (χ4n) is 2.56. The van der Waals surface area contributed by atoms with Gasteiger partial charge >= 0.3 is 0 Å². The number of aromatic nitrogens is 1. The summed E-state index contributed by atoms with van der Waals surface area (Å²) in [6, 6.07) is 5.10. The summed E-state index contributed by atoms with van der Waals surface area (Å²) in [5.74, 6) is 0.259. The highest BCUT2D eigenvalue weighted by Crippen LogP contribution is 2.28. The number of hydrogen-bond acceptors (Lipinski definition) is 4. The number of amides is 1. The molecule has 5 nitrogen and oxygen atoms in total. The molecule has 1 saturated heterocycles. The molecule has 122 valence electrons. The number of carbonyl (C=O) groups excluding carboxylic acids is 1. The van der Waals surface area contributed by atoms with E-state index in [9.17, 15) is 4.79 Å². The van der Waals surface area contributed by atoms with E-state index in [0.717, 1.165) is 19.6 Å². The molecule has 2 aromatic rings. The van der Waals surface area contributed by atoms with Gasteiger partial charge < -0.3 is 14.2 Å². The van der Waals surface area contributed by atoms with Gasteiger partial charge in [0.2, 0.25) is 5.89 Å². The number of nitrogens with zero attached hydrogens (tertiary/aromatic N) is 3. The minimum atomic E-state index is -0.101. The Bertz CT molecular complexity index is 709. The maximum absolute atomic E-state index is 12.5. The van der Waals surface area contributed by atoms with E-state index in [2.05, 4.69) is 16.8 Å². The van der Waals surface area contributed by atoms with E-state index in [1.165, 1.54) is 6.26 Å². The second-order valence-electron chi connectivity index (χ2n) is 5.39. The van der Waals surface area contributed by atoms with Gasteiger partial charge in [0.1, 0.15) is 6.26 Å². The lowest BCUT2D eigenvalue weighted by Gasteiger charge is -2.33. The molecule has 3 rings (SSSR count). The van der Waals surface area contributed by atoms with Crippen LogP contribution in [0.1, 0.15) is 17.4 Å². The van der Waals surface area contributed by atoms with Crippen molar-refractivity contribution in [2.45, 2.75) is 6.92 Å². The topological polar surface area (TPSA) is 49.6 Å². The summed E-state index contributed by atoms with van der Waals surface area (Å²) in [4.78, 5) is 20.9. The molecule has 0 bridgehead atoms. The Morgan fingerprint density at radius 3 is 2.61 bits per heavy atom. The molecule has 7 heteroatoms. The highest BCUT2D eigenvalue weighted by atomic mass is 35.5. The lowest BCUT2D eigenvalue weighted by molar-refractivity contribution is 0.0637. The van der Waals surface area contributed by atoms with Crippen molar-refractivity contribution in [2.75, 3.05) is 32.7 Å². The van der Waals surface area contributed by atoms with E-state index < -0.39 is 0 Å². The lowest BCUT2D eigenvalue weighted by atomic mass is 10.2. The molecule has 0 unspecified atom stereocenters. The Balaban J connectivity index is 1.74. The number of benzene rings is 1. The summed E-state index contributed by atoms with van der Waals surface area (Å²) < 4.78 is 5.43. The first-order valence-corrected chi connectivity index (χ1v) is 8.26. The minimum Gasteiger partial charge on any atom is -0.444 e. The number of rotatable bonds is 3. The van der Waals surface area contributed by atoms with E-state index in [1.54, 1.807) is 18.2 Å². The van der Waals surface area contributed by atoms with Crippen LogP contribution in [0.4, 0.5) is 0 Å². The predicted molar refractivity (Wildman–Crippen MR) is 90.0 cm³/mol. The number of oxazole rings is 1. The van der Waals surface area contributed by atoms with Crippen LogP contribution < -0.4 is 0 Å². The molecule has 0 atom stereocenters. The van der Waals surface area contributed by atoms with Gasteiger partial charge in [-0.15, -0.1) is 0 Å². The molecule has 0 saturated carbocycles. The van der Waals surface area contributed by atoms with Gasteiger partial charge in [-0.1, -0.05) is 30.1 Å². The van der Waals surface area contributed by atoms with Crippen molar-refractivity contribution in [3.63, 3.8) is 0 Å². The summed E-state index contributed by atoms with van der Waals surface area (Å²) in [5, 5.41) is 0.887. The van der Waals surface area contributed by atoms with Crippen LogP contribution in [-0.4, -0.2) is 53.4 Å². The molecule has 0 spiro atoms. The van der Waals surface area contributed by atoms with Crippen molar-refractivity contribution in [1.29, 1.82) is 0 Å². The fraction of sp³-hybridized carbons (Fsp3) is 0.375. The van der Waals surface area contributed by atoms with Crippen molar-refractivity contribution in [3.05, 3.63) is 40.2 Å². The second-order valence-corrected chi connectivity index (χ2v) is 6.21. The molecule has 0 radical (unpaired) electrons. The van der Waals surface area contributed by atoms with Crippen LogP contribution >= 0.6 is 23.2 Å². The van der Waals surface area contributed by atoms with Crippen LogP contribution in [0.2, 0.25) is 10.0 Å². The van der Waals surface area contributed by atoms with E-state index >= 15 is 0 Å². The highest BCUT2D eigenvalue weighted by molar-refractivity contribution is 6.42. The van der Waals surface area contributed by atoms with Gasteiger partial charge in [0.05, 0.1) is 10.0 Å². The zero-order valence-electron chi connectivity index (χ0n) is 12.8. The van der Waals surface area contributed by atoms with E-state index in [1.807, 2.05) is 4.90 Å². The Labute approximate surface area is 144 Å². The van der Waals surface area contributed by atoms with Gasteiger partial charge in [-0.05, 0) is 24.7 Å². The highest BCUT2D eigenvalue weighted by Gasteiger charge is 2.24. The number of carbonyl (C=O) groups is 1. The standard InChI is InChI=1S/C16H17Cl2N3O2/c1-2-20-5-7-21(8-6-20)16(22)14-10-23-15(19-14)11-3-4-12(17)13(18)9-11/h3-4,9-10H,2,5-8H2,1H3. The average Bonchev–Trinajstić information content (AvgIpc) is 3.07. The molecule has 23 heavy (non-hydrogen) atoms. The summed E-state index contributed by atoms with van der Waals surface area (Å²) in [6.07, 6.45) is 1.40. The molecule has 2 heterocycles. The van der Waals surface area contributed by atoms with Gasteiger partial charge in [-0.3, -0.25) is 4.79 Å². The van der Waals surface area contributed by atoms with Crippen LogP contribution in [0.5, 0.6) is 0 Å². The number of halogens is 2. The summed E-state index contributed by atoms with van der Waals surface area (Å²) in [5.41, 5.74) is 1.00. The Kier molecular flexibility index (Phi) is 4.90. The minimum absolute atomic E-state index is 0.101. The van der Waals surface area contributed by atoms with Gasteiger partial charge in [0.15, 0.2) is 5.69 Å². The quantitative estimate of drug-likeness (QED) is 0.848. The van der Waals surface area contributed by atoms with E-state index in [-0.39, 0.29) is 5.91 Å². The Hall–Kier alpha value is -1.56. The SMILES string of the molecule is CCN1CCN(C(=O)c2coc(-c3ccc(Cl)c(Cl)c3)n2)CC1. The van der Waals surface area contributed by atoms with Crippen molar-refractivity contribution in [3.8, 4) is 11.5 Å². The Morgan fingerprint density at radius 2 is 1.96 bits per heavy atom. The molecular formula is C16H17Cl2N3O2. The monoisotopic (exact) mass is 353 g/mol. The van der Waals surface area contributed by atoms with Crippen LogP contribution in [0.25, 0.3) is 11.5 Å². The maximum Gasteiger partial charge on any atom is 0.275 e. The number of piperazine rings is 1. The lowest BCUT2D eigenvalue weighted by Crippen LogP contribution is -2.48. The number of likely N-dealkylation sites (N-methyl/N-ethyl adjacent to an activating group) is 1. The van der Waals surface area contributed by atoms with E-state index in [4.69, 9.17) is 27.6 Å². The summed E-state index contributed by atoms with van der Waals surface area (Å²) in [7, 11) is 0. The molecule has 1 aromatic heterocycles. The normalized spacial score (nSPS) is 15.9. The zero-order valence-corrected chi connectivity index (χ0v) is 14.3. The molecule has 1 amide bonds. The first kappa shape index (κ1) is 16.3. The summed E-state index contributed by atoms with van der Waals surface area (Å²) in [6.45, 7) is 6.33. The molecule has 0 N–H and O–H groups in total. The maximum atomic E-state index is 12.5. The van der Waals surface area contributed by atoms with Crippen LogP contribution in [0.3, 0.4) is 0 Å². The van der Waals surface area contributed by atoms with Gasteiger partial charge in [-0.25, -0.2) is 4.98 Å². The predicted octanol–water partition coefficient (Wildman–Crippen LogP) is 3.43. The molecule has 1 aliphatic rings. The molecular weight excluding hydrogens is 337 g/mol. The Morgan fingerprint density at radius 1 is 1.22 bits per heavy atom. The third-order valence-electron chi connectivity index (χ3n) is 4.00. The first-order chi connectivity index (χ1) is 11.1. The molecule has 0 aliphatic carbocycles.